The second-order valence-electron chi connectivity index (χ2n) is 6.62. The van der Waals surface area contributed by atoms with E-state index in [4.69, 9.17) is 17.0 Å². The minimum absolute atomic E-state index is 0.204. The van der Waals surface area contributed by atoms with Gasteiger partial charge in [-0.15, -0.1) is 6.58 Å². The fraction of sp³-hybridized carbons (Fsp3) is 0.333. The van der Waals surface area contributed by atoms with Gasteiger partial charge in [0.05, 0.1) is 10.5 Å². The lowest BCUT2D eigenvalue weighted by atomic mass is 10.2. The summed E-state index contributed by atoms with van der Waals surface area (Å²) in [5, 5.41) is 3.11. The average molecular weight is 445 g/mol. The fourth-order valence-corrected chi connectivity index (χ4v) is 4.33. The number of hydrogen-bond acceptors (Lipinski definition) is 7. The van der Waals surface area contributed by atoms with E-state index in [1.165, 1.54) is 16.2 Å². The highest BCUT2D eigenvalue weighted by Crippen LogP contribution is 2.33. The maximum Gasteiger partial charge on any atom is 0.267 e. The quantitative estimate of drug-likeness (QED) is 0.275. The van der Waals surface area contributed by atoms with Crippen LogP contribution in [-0.4, -0.2) is 50.8 Å². The van der Waals surface area contributed by atoms with E-state index in [9.17, 15) is 9.59 Å². The molecular weight excluding hydrogens is 420 g/mol. The number of anilines is 1. The molecule has 0 aliphatic carbocycles. The molecule has 0 atom stereocenters. The van der Waals surface area contributed by atoms with Gasteiger partial charge in [-0.2, -0.15) is 0 Å². The van der Waals surface area contributed by atoms with Gasteiger partial charge >= 0.3 is 0 Å². The van der Waals surface area contributed by atoms with Crippen molar-refractivity contribution >= 4 is 51.7 Å². The van der Waals surface area contributed by atoms with Crippen molar-refractivity contribution in [2.24, 2.45) is 0 Å². The van der Waals surface area contributed by atoms with Crippen LogP contribution in [0.5, 0.6) is 0 Å². The number of nitrogens with one attached hydrogen (secondary N) is 1. The molecule has 30 heavy (non-hydrogen) atoms. The standard InChI is InChI=1S/C21H24N4O3S2/c1-4-9-22-17-15(19(26)24-10-6-8-14(3)18(24)23-17)13-16-20(27)25(21(29)30-16)11-7-12-28-5-2/h4,6,8,10,13,22H,1,5,7,9,11-12H2,2-3H3. The molecule has 0 unspecified atom stereocenters. The van der Waals surface area contributed by atoms with Crippen LogP contribution in [0.3, 0.4) is 0 Å². The summed E-state index contributed by atoms with van der Waals surface area (Å²) in [6.45, 7) is 9.65. The molecule has 1 aliphatic rings. The molecule has 3 rings (SSSR count). The highest BCUT2D eigenvalue weighted by atomic mass is 32.2. The summed E-state index contributed by atoms with van der Waals surface area (Å²) in [5.41, 5.74) is 1.50. The van der Waals surface area contributed by atoms with Crippen molar-refractivity contribution in [3.63, 3.8) is 0 Å². The number of carbonyl (C=O) groups excluding carboxylic acids is 1. The first kappa shape index (κ1) is 22.2. The molecular formula is C21H24N4O3S2. The molecule has 0 spiro atoms. The van der Waals surface area contributed by atoms with E-state index in [1.54, 1.807) is 29.3 Å². The Morgan fingerprint density at radius 1 is 1.40 bits per heavy atom. The molecule has 0 aromatic carbocycles. The number of carbonyl (C=O) groups is 1. The lowest BCUT2D eigenvalue weighted by molar-refractivity contribution is -0.122. The predicted octanol–water partition coefficient (Wildman–Crippen LogP) is 3.23. The van der Waals surface area contributed by atoms with Crippen molar-refractivity contribution < 1.29 is 9.53 Å². The number of ether oxygens (including phenoxy) is 1. The van der Waals surface area contributed by atoms with Crippen molar-refractivity contribution in [3.05, 3.63) is 57.4 Å². The van der Waals surface area contributed by atoms with E-state index < -0.39 is 0 Å². The number of fused-ring (bicyclic) bond motifs is 1. The maximum absolute atomic E-state index is 13.2. The van der Waals surface area contributed by atoms with Gasteiger partial charge in [-0.3, -0.25) is 18.9 Å². The van der Waals surface area contributed by atoms with E-state index >= 15 is 0 Å². The summed E-state index contributed by atoms with van der Waals surface area (Å²) >= 11 is 6.57. The van der Waals surface area contributed by atoms with Crippen LogP contribution < -0.4 is 10.9 Å². The van der Waals surface area contributed by atoms with Crippen LogP contribution in [0.15, 0.2) is 40.7 Å². The summed E-state index contributed by atoms with van der Waals surface area (Å²) in [5.74, 6) is 0.209. The fourth-order valence-electron chi connectivity index (χ4n) is 3.04. The smallest absolute Gasteiger partial charge is 0.267 e. The minimum Gasteiger partial charge on any atom is -0.382 e. The van der Waals surface area contributed by atoms with Gasteiger partial charge in [-0.1, -0.05) is 36.1 Å². The number of amides is 1. The van der Waals surface area contributed by atoms with Crippen molar-refractivity contribution in [2.45, 2.75) is 20.3 Å². The molecule has 2 aromatic heterocycles. The third kappa shape index (κ3) is 4.63. The van der Waals surface area contributed by atoms with Gasteiger partial charge in [0.2, 0.25) is 0 Å². The second-order valence-corrected chi connectivity index (χ2v) is 8.29. The minimum atomic E-state index is -0.253. The zero-order chi connectivity index (χ0) is 21.7. The second kappa shape index (κ2) is 10.0. The van der Waals surface area contributed by atoms with Crippen LogP contribution in [0, 0.1) is 6.92 Å². The first-order valence-electron chi connectivity index (χ1n) is 9.67. The molecule has 1 fully saturated rings. The van der Waals surface area contributed by atoms with Crippen molar-refractivity contribution in [3.8, 4) is 0 Å². The molecule has 0 radical (unpaired) electrons. The molecule has 7 nitrogen and oxygen atoms in total. The predicted molar refractivity (Wildman–Crippen MR) is 126 cm³/mol. The molecule has 1 saturated heterocycles. The molecule has 1 aliphatic heterocycles. The monoisotopic (exact) mass is 444 g/mol. The lowest BCUT2D eigenvalue weighted by Gasteiger charge is -2.14. The maximum atomic E-state index is 13.2. The lowest BCUT2D eigenvalue weighted by Crippen LogP contribution is -2.29. The highest BCUT2D eigenvalue weighted by molar-refractivity contribution is 8.26. The molecule has 3 heterocycles. The average Bonchev–Trinajstić information content (AvgIpc) is 2.99. The van der Waals surface area contributed by atoms with E-state index in [1.807, 2.05) is 19.9 Å². The Kier molecular flexibility index (Phi) is 7.41. The van der Waals surface area contributed by atoms with Gasteiger partial charge in [0, 0.05) is 32.5 Å². The van der Waals surface area contributed by atoms with Gasteiger partial charge in [-0.05, 0) is 38.0 Å². The van der Waals surface area contributed by atoms with Crippen LogP contribution in [0.1, 0.15) is 24.5 Å². The van der Waals surface area contributed by atoms with Crippen LogP contribution in [0.2, 0.25) is 0 Å². The van der Waals surface area contributed by atoms with E-state index in [0.29, 0.717) is 59.0 Å². The number of thioether (sulfide) groups is 1. The van der Waals surface area contributed by atoms with Gasteiger partial charge in [-0.25, -0.2) is 4.98 Å². The Morgan fingerprint density at radius 2 is 2.20 bits per heavy atom. The number of aromatic nitrogens is 2. The molecule has 1 N–H and O–H groups in total. The van der Waals surface area contributed by atoms with Crippen LogP contribution in [-0.2, 0) is 9.53 Å². The molecule has 0 saturated carbocycles. The van der Waals surface area contributed by atoms with Crippen LogP contribution in [0.4, 0.5) is 5.82 Å². The summed E-state index contributed by atoms with van der Waals surface area (Å²) in [4.78, 5) is 32.7. The third-order valence-corrected chi connectivity index (χ3v) is 5.90. The molecule has 9 heteroatoms. The summed E-state index contributed by atoms with van der Waals surface area (Å²) in [6, 6.07) is 3.69. The Hall–Kier alpha value is -2.49. The number of thiocarbonyl (C=S) groups is 1. The van der Waals surface area contributed by atoms with Crippen LogP contribution >= 0.6 is 24.0 Å². The first-order valence-corrected chi connectivity index (χ1v) is 10.9. The summed E-state index contributed by atoms with van der Waals surface area (Å²) in [6.07, 6.45) is 5.63. The van der Waals surface area contributed by atoms with Gasteiger partial charge < -0.3 is 10.1 Å². The summed E-state index contributed by atoms with van der Waals surface area (Å²) < 4.78 is 7.30. The Labute approximate surface area is 184 Å². The van der Waals surface area contributed by atoms with Crippen molar-refractivity contribution in [2.75, 3.05) is 31.6 Å². The molecule has 2 aromatic rings. The zero-order valence-corrected chi connectivity index (χ0v) is 18.6. The Balaban J connectivity index is 1.99. The van der Waals surface area contributed by atoms with E-state index in [-0.39, 0.29) is 11.5 Å². The van der Waals surface area contributed by atoms with Crippen LogP contribution in [0.25, 0.3) is 11.7 Å². The first-order chi connectivity index (χ1) is 14.5. The molecule has 158 valence electrons. The number of pyridine rings is 1. The topological polar surface area (TPSA) is 75.9 Å². The normalized spacial score (nSPS) is 15.4. The van der Waals surface area contributed by atoms with Gasteiger partial charge in [0.15, 0.2) is 0 Å². The zero-order valence-electron chi connectivity index (χ0n) is 17.0. The number of rotatable bonds is 9. The van der Waals surface area contributed by atoms with E-state index in [0.717, 1.165) is 5.56 Å². The van der Waals surface area contributed by atoms with Crippen molar-refractivity contribution in [1.82, 2.24) is 14.3 Å². The SMILES string of the molecule is C=CCNc1nc2c(C)cccn2c(=O)c1C=C1SC(=S)N(CCCOCC)C1=O. The third-order valence-electron chi connectivity index (χ3n) is 4.52. The number of nitrogens with zero attached hydrogens (tertiary/aromatic N) is 3. The Morgan fingerprint density at radius 3 is 2.93 bits per heavy atom. The molecule has 0 bridgehead atoms. The summed E-state index contributed by atoms with van der Waals surface area (Å²) in [7, 11) is 0. The number of aryl methyl sites for hydroxylation is 1. The van der Waals surface area contributed by atoms with Crippen molar-refractivity contribution in [1.29, 1.82) is 0 Å². The highest BCUT2D eigenvalue weighted by Gasteiger charge is 2.32. The largest absolute Gasteiger partial charge is 0.382 e. The molecule has 1 amide bonds. The Bertz CT molecular complexity index is 1080. The van der Waals surface area contributed by atoms with E-state index in [2.05, 4.69) is 16.9 Å². The van der Waals surface area contributed by atoms with Gasteiger partial charge in [0.1, 0.15) is 15.8 Å². The number of hydrogen-bond donors (Lipinski definition) is 1. The van der Waals surface area contributed by atoms with Gasteiger partial charge in [0.25, 0.3) is 11.5 Å².